The van der Waals surface area contributed by atoms with E-state index in [1.807, 2.05) is 6.92 Å². The fraction of sp³-hybridized carbons (Fsp3) is 0.417. The fourth-order valence-electron chi connectivity index (χ4n) is 1.65. The summed E-state index contributed by atoms with van der Waals surface area (Å²) in [6.45, 7) is 2.13. The second kappa shape index (κ2) is 6.14. The number of rotatable bonds is 5. The van der Waals surface area contributed by atoms with Gasteiger partial charge < -0.3 is 10.2 Å². The van der Waals surface area contributed by atoms with Crippen LogP contribution in [-0.4, -0.2) is 39.9 Å². The molecule has 0 spiro atoms. The molecule has 1 amide bonds. The number of carbonyl (C=O) groups excluding carboxylic acids is 1. The molecule has 0 aliphatic rings. The number of benzene rings is 1. The van der Waals surface area contributed by atoms with Gasteiger partial charge in [0.2, 0.25) is 15.9 Å². The van der Waals surface area contributed by atoms with E-state index >= 15 is 0 Å². The molecule has 0 heterocycles. The molecular formula is C12H19N3O3S. The molecule has 6 nitrogen and oxygen atoms in total. The van der Waals surface area contributed by atoms with Crippen molar-refractivity contribution >= 4 is 15.9 Å². The van der Waals surface area contributed by atoms with Gasteiger partial charge in [0.25, 0.3) is 0 Å². The third-order valence-electron chi connectivity index (χ3n) is 2.99. The Bertz CT molecular complexity index is 540. The first-order chi connectivity index (χ1) is 8.77. The predicted octanol–water partition coefficient (Wildman–Crippen LogP) is 0.0728. The maximum atomic E-state index is 11.7. The van der Waals surface area contributed by atoms with Crippen molar-refractivity contribution in [3.8, 4) is 0 Å². The molecule has 0 aromatic heterocycles. The van der Waals surface area contributed by atoms with Gasteiger partial charge >= 0.3 is 0 Å². The number of sulfonamides is 1. The third kappa shape index (κ3) is 4.02. The summed E-state index contributed by atoms with van der Waals surface area (Å²) in [6.07, 6.45) is 0. The van der Waals surface area contributed by atoms with Gasteiger partial charge in [-0.2, -0.15) is 0 Å². The van der Waals surface area contributed by atoms with Crippen LogP contribution in [0, 0.1) is 0 Å². The zero-order valence-corrected chi connectivity index (χ0v) is 12.1. The first-order valence-corrected chi connectivity index (χ1v) is 7.35. The van der Waals surface area contributed by atoms with Gasteiger partial charge in [0.15, 0.2) is 0 Å². The highest BCUT2D eigenvalue weighted by Gasteiger charge is 2.17. The number of nitrogens with two attached hydrogens (primary N) is 1. The van der Waals surface area contributed by atoms with Crippen LogP contribution in [-0.2, 0) is 14.8 Å². The van der Waals surface area contributed by atoms with Crippen molar-refractivity contribution < 1.29 is 13.2 Å². The van der Waals surface area contributed by atoms with Gasteiger partial charge in [-0.25, -0.2) is 13.6 Å². The molecule has 0 saturated carbocycles. The Kier molecular flexibility index (Phi) is 5.04. The van der Waals surface area contributed by atoms with E-state index in [2.05, 4.69) is 5.32 Å². The van der Waals surface area contributed by atoms with E-state index in [0.29, 0.717) is 0 Å². The molecular weight excluding hydrogens is 266 g/mol. The van der Waals surface area contributed by atoms with Gasteiger partial charge in [0, 0.05) is 7.05 Å². The second-order valence-corrected chi connectivity index (χ2v) is 5.89. The van der Waals surface area contributed by atoms with E-state index in [0.717, 1.165) is 5.56 Å². The monoisotopic (exact) mass is 285 g/mol. The number of hydrogen-bond donors (Lipinski definition) is 2. The Labute approximate surface area is 113 Å². The van der Waals surface area contributed by atoms with Crippen molar-refractivity contribution in [3.63, 3.8) is 0 Å². The maximum absolute atomic E-state index is 11.7. The van der Waals surface area contributed by atoms with Crippen LogP contribution in [0.4, 0.5) is 0 Å². The first-order valence-electron chi connectivity index (χ1n) is 5.80. The molecule has 0 radical (unpaired) electrons. The lowest BCUT2D eigenvalue weighted by molar-refractivity contribution is -0.130. The number of hydrogen-bond acceptors (Lipinski definition) is 4. The van der Waals surface area contributed by atoms with Crippen molar-refractivity contribution in [2.75, 3.05) is 20.6 Å². The summed E-state index contributed by atoms with van der Waals surface area (Å²) in [6, 6.07) is 6.06. The van der Waals surface area contributed by atoms with Gasteiger partial charge in [0.05, 0.1) is 17.5 Å². The van der Waals surface area contributed by atoms with Crippen molar-refractivity contribution in [3.05, 3.63) is 29.8 Å². The highest BCUT2D eigenvalue weighted by molar-refractivity contribution is 7.89. The first kappa shape index (κ1) is 15.6. The Hall–Kier alpha value is -1.44. The van der Waals surface area contributed by atoms with Gasteiger partial charge in [-0.15, -0.1) is 0 Å². The zero-order chi connectivity index (χ0) is 14.6. The predicted molar refractivity (Wildman–Crippen MR) is 72.9 cm³/mol. The molecule has 0 aliphatic carbocycles. The summed E-state index contributed by atoms with van der Waals surface area (Å²) in [7, 11) is -0.269. The topological polar surface area (TPSA) is 92.5 Å². The highest BCUT2D eigenvalue weighted by atomic mass is 32.2. The molecule has 0 bridgehead atoms. The molecule has 0 aliphatic heterocycles. The highest BCUT2D eigenvalue weighted by Crippen LogP contribution is 2.20. The lowest BCUT2D eigenvalue weighted by Gasteiger charge is -2.25. The molecule has 3 N–H and O–H groups in total. The minimum absolute atomic E-state index is 0.0366. The number of amides is 1. The molecule has 1 rings (SSSR count). The Morgan fingerprint density at radius 3 is 2.32 bits per heavy atom. The fourth-order valence-corrected chi connectivity index (χ4v) is 2.17. The summed E-state index contributed by atoms with van der Waals surface area (Å²) in [5.41, 5.74) is 0.847. The summed E-state index contributed by atoms with van der Waals surface area (Å²) in [5.74, 6) is -0.0366. The van der Waals surface area contributed by atoms with Crippen LogP contribution in [0.25, 0.3) is 0 Å². The molecule has 106 valence electrons. The standard InChI is InChI=1S/C12H19N3O3S/c1-9(15(3)12(16)8-14-2)10-4-6-11(7-5-10)19(13,17)18/h4-7,9,14H,8H2,1-3H3,(H2,13,17,18). The minimum atomic E-state index is -3.68. The number of primary sulfonamides is 1. The summed E-state index contributed by atoms with van der Waals surface area (Å²) in [4.78, 5) is 13.4. The summed E-state index contributed by atoms with van der Waals surface area (Å²) in [5, 5.41) is 7.83. The Balaban J connectivity index is 2.89. The molecule has 1 aromatic carbocycles. The van der Waals surface area contributed by atoms with Crippen LogP contribution in [0.1, 0.15) is 18.5 Å². The van der Waals surface area contributed by atoms with Crippen LogP contribution in [0.15, 0.2) is 29.2 Å². The SMILES string of the molecule is CNCC(=O)N(C)C(C)c1ccc(S(N)(=O)=O)cc1. The van der Waals surface area contributed by atoms with Crippen LogP contribution < -0.4 is 10.5 Å². The largest absolute Gasteiger partial charge is 0.338 e. The van der Waals surface area contributed by atoms with Gasteiger partial charge in [-0.05, 0) is 31.7 Å². The third-order valence-corrected chi connectivity index (χ3v) is 3.92. The Morgan fingerprint density at radius 2 is 1.89 bits per heavy atom. The van der Waals surface area contributed by atoms with Crippen molar-refractivity contribution in [1.82, 2.24) is 10.2 Å². The van der Waals surface area contributed by atoms with E-state index in [9.17, 15) is 13.2 Å². The number of carbonyl (C=O) groups is 1. The van der Waals surface area contributed by atoms with E-state index in [1.165, 1.54) is 12.1 Å². The van der Waals surface area contributed by atoms with Crippen LogP contribution in [0.2, 0.25) is 0 Å². The van der Waals surface area contributed by atoms with Crippen LogP contribution in [0.3, 0.4) is 0 Å². The quantitative estimate of drug-likeness (QED) is 0.801. The zero-order valence-electron chi connectivity index (χ0n) is 11.3. The lowest BCUT2D eigenvalue weighted by Crippen LogP contribution is -2.35. The van der Waals surface area contributed by atoms with Gasteiger partial charge in [-0.3, -0.25) is 4.79 Å². The average Bonchev–Trinajstić information content (AvgIpc) is 2.36. The van der Waals surface area contributed by atoms with Crippen LogP contribution >= 0.6 is 0 Å². The lowest BCUT2D eigenvalue weighted by atomic mass is 10.1. The Morgan fingerprint density at radius 1 is 1.37 bits per heavy atom. The number of nitrogens with zero attached hydrogens (tertiary/aromatic N) is 1. The van der Waals surface area contributed by atoms with Crippen molar-refractivity contribution in [2.24, 2.45) is 5.14 Å². The minimum Gasteiger partial charge on any atom is -0.338 e. The smallest absolute Gasteiger partial charge is 0.238 e. The summed E-state index contributed by atoms with van der Waals surface area (Å²) >= 11 is 0. The second-order valence-electron chi connectivity index (χ2n) is 4.32. The van der Waals surface area contributed by atoms with Crippen LogP contribution in [0.5, 0.6) is 0 Å². The molecule has 0 saturated heterocycles. The molecule has 7 heteroatoms. The molecule has 19 heavy (non-hydrogen) atoms. The van der Waals surface area contributed by atoms with Gasteiger partial charge in [0.1, 0.15) is 0 Å². The van der Waals surface area contributed by atoms with Crippen molar-refractivity contribution in [2.45, 2.75) is 17.9 Å². The molecule has 1 unspecified atom stereocenters. The molecule has 1 atom stereocenters. The normalized spacial score (nSPS) is 13.1. The maximum Gasteiger partial charge on any atom is 0.238 e. The number of nitrogens with one attached hydrogen (secondary N) is 1. The van der Waals surface area contributed by atoms with E-state index in [1.54, 1.807) is 31.1 Å². The van der Waals surface area contributed by atoms with E-state index in [-0.39, 0.29) is 23.4 Å². The van der Waals surface area contributed by atoms with E-state index < -0.39 is 10.0 Å². The summed E-state index contributed by atoms with van der Waals surface area (Å²) < 4.78 is 22.3. The van der Waals surface area contributed by atoms with Gasteiger partial charge in [-0.1, -0.05) is 12.1 Å². The number of likely N-dealkylation sites (N-methyl/N-ethyl adjacent to an activating group) is 2. The average molecular weight is 285 g/mol. The van der Waals surface area contributed by atoms with Crippen molar-refractivity contribution in [1.29, 1.82) is 0 Å². The molecule has 1 aromatic rings. The van der Waals surface area contributed by atoms with E-state index in [4.69, 9.17) is 5.14 Å². The molecule has 0 fully saturated rings.